The molecule has 2 aromatic rings. The van der Waals surface area contributed by atoms with Gasteiger partial charge in [0.1, 0.15) is 0 Å². The maximum atomic E-state index is 12.1. The van der Waals surface area contributed by atoms with E-state index in [-0.39, 0.29) is 0 Å². The lowest BCUT2D eigenvalue weighted by molar-refractivity contribution is -0.0187. The van der Waals surface area contributed by atoms with Gasteiger partial charge in [-0.2, -0.15) is 0 Å². The monoisotopic (exact) mass is 354 g/mol. The van der Waals surface area contributed by atoms with Crippen molar-refractivity contribution in [1.29, 1.82) is 0 Å². The molecule has 0 fully saturated rings. The zero-order valence-electron chi connectivity index (χ0n) is 15.3. The van der Waals surface area contributed by atoms with Gasteiger partial charge in [0.2, 0.25) is 11.4 Å². The van der Waals surface area contributed by atoms with E-state index in [4.69, 9.17) is 9.47 Å². The molecule has 0 saturated carbocycles. The maximum Gasteiger partial charge on any atom is 0.340 e. The first-order valence-corrected chi connectivity index (χ1v) is 8.19. The third-order valence-corrected chi connectivity index (χ3v) is 3.24. The largest absolute Gasteiger partial charge is 0.432 e. The van der Waals surface area contributed by atoms with Gasteiger partial charge in [-0.3, -0.25) is 0 Å². The van der Waals surface area contributed by atoms with Crippen LogP contribution in [0.1, 0.15) is 48.4 Å². The predicted molar refractivity (Wildman–Crippen MR) is 96.7 cm³/mol. The Bertz CT molecular complexity index is 716. The van der Waals surface area contributed by atoms with Gasteiger partial charge in [-0.1, -0.05) is 36.4 Å². The van der Waals surface area contributed by atoms with Crippen molar-refractivity contribution in [2.24, 2.45) is 10.2 Å². The van der Waals surface area contributed by atoms with Gasteiger partial charge in [-0.25, -0.2) is 9.59 Å². The van der Waals surface area contributed by atoms with E-state index in [1.54, 1.807) is 76.2 Å². The van der Waals surface area contributed by atoms with Gasteiger partial charge >= 0.3 is 11.9 Å². The molecule has 6 nitrogen and oxygen atoms in total. The fourth-order valence-corrected chi connectivity index (χ4v) is 2.00. The van der Waals surface area contributed by atoms with Crippen LogP contribution in [0.5, 0.6) is 0 Å². The topological polar surface area (TPSA) is 77.3 Å². The number of rotatable bonds is 6. The van der Waals surface area contributed by atoms with Crippen molar-refractivity contribution in [3.63, 3.8) is 0 Å². The van der Waals surface area contributed by atoms with Crippen LogP contribution in [0.3, 0.4) is 0 Å². The number of azo groups is 1. The Balaban J connectivity index is 2.01. The highest BCUT2D eigenvalue weighted by Gasteiger charge is 2.27. The SMILES string of the molecule is CC(C)(N=NC(C)(C)OC(=O)c1ccccc1)OC(=O)c1ccccc1. The summed E-state index contributed by atoms with van der Waals surface area (Å²) in [4.78, 5) is 24.3. The summed E-state index contributed by atoms with van der Waals surface area (Å²) in [6.07, 6.45) is 0. The molecule has 0 bridgehead atoms. The van der Waals surface area contributed by atoms with Crippen LogP contribution in [0, 0.1) is 0 Å². The van der Waals surface area contributed by atoms with Crippen LogP contribution in [-0.2, 0) is 9.47 Å². The van der Waals surface area contributed by atoms with E-state index in [2.05, 4.69) is 10.2 Å². The van der Waals surface area contributed by atoms with Crippen LogP contribution in [0.15, 0.2) is 70.9 Å². The Morgan fingerprint density at radius 3 is 1.27 bits per heavy atom. The molecule has 0 saturated heterocycles. The van der Waals surface area contributed by atoms with Crippen molar-refractivity contribution in [1.82, 2.24) is 0 Å². The fraction of sp³-hybridized carbons (Fsp3) is 0.300. The molecule has 0 unspecified atom stereocenters. The zero-order valence-corrected chi connectivity index (χ0v) is 15.3. The van der Waals surface area contributed by atoms with Crippen LogP contribution in [0.2, 0.25) is 0 Å². The molecule has 2 rings (SSSR count). The first kappa shape index (κ1) is 19.3. The fourth-order valence-electron chi connectivity index (χ4n) is 2.00. The van der Waals surface area contributed by atoms with E-state index >= 15 is 0 Å². The Hall–Kier alpha value is -3.02. The van der Waals surface area contributed by atoms with Gasteiger partial charge in [-0.05, 0) is 52.0 Å². The van der Waals surface area contributed by atoms with Crippen LogP contribution in [-0.4, -0.2) is 23.4 Å². The summed E-state index contributed by atoms with van der Waals surface area (Å²) in [5.41, 5.74) is -1.57. The number of hydrogen-bond donors (Lipinski definition) is 0. The lowest BCUT2D eigenvalue weighted by Gasteiger charge is -2.23. The molecule has 6 heteroatoms. The van der Waals surface area contributed by atoms with E-state index < -0.39 is 23.4 Å². The molecule has 0 radical (unpaired) electrons. The average molecular weight is 354 g/mol. The molecular formula is C20H22N2O4. The number of nitrogens with zero attached hydrogens (tertiary/aromatic N) is 2. The Labute approximate surface area is 152 Å². The number of hydrogen-bond acceptors (Lipinski definition) is 6. The molecule has 0 heterocycles. The van der Waals surface area contributed by atoms with Gasteiger partial charge in [0.05, 0.1) is 11.1 Å². The molecule has 26 heavy (non-hydrogen) atoms. The summed E-state index contributed by atoms with van der Waals surface area (Å²) in [6, 6.07) is 17.2. The second-order valence-electron chi connectivity index (χ2n) is 6.60. The lowest BCUT2D eigenvalue weighted by atomic mass is 10.2. The first-order chi connectivity index (χ1) is 12.2. The number of esters is 2. The molecule has 0 atom stereocenters. The van der Waals surface area contributed by atoms with E-state index in [0.717, 1.165) is 0 Å². The van der Waals surface area contributed by atoms with Crippen LogP contribution in [0.4, 0.5) is 0 Å². The minimum atomic E-state index is -1.21. The zero-order chi connectivity index (χ0) is 19.2. The first-order valence-electron chi connectivity index (χ1n) is 8.19. The highest BCUT2D eigenvalue weighted by Crippen LogP contribution is 2.21. The number of carbonyl (C=O) groups is 2. The molecule has 0 aliphatic rings. The molecule has 2 aromatic carbocycles. The van der Waals surface area contributed by atoms with Gasteiger partial charge in [0, 0.05) is 0 Å². The van der Waals surface area contributed by atoms with Gasteiger partial charge < -0.3 is 9.47 Å². The summed E-state index contributed by atoms with van der Waals surface area (Å²) in [5, 5.41) is 8.09. The molecule has 0 spiro atoms. The summed E-state index contributed by atoms with van der Waals surface area (Å²) in [6.45, 7) is 6.41. The summed E-state index contributed by atoms with van der Waals surface area (Å²) >= 11 is 0. The normalized spacial score (nSPS) is 12.0. The average Bonchev–Trinajstić information content (AvgIpc) is 2.61. The van der Waals surface area contributed by atoms with E-state index in [1.807, 2.05) is 12.1 Å². The molecule has 0 amide bonds. The summed E-state index contributed by atoms with van der Waals surface area (Å²) in [7, 11) is 0. The predicted octanol–water partition coefficient (Wildman–Crippen LogP) is 4.62. The highest BCUT2D eigenvalue weighted by molar-refractivity contribution is 5.90. The van der Waals surface area contributed by atoms with Crippen LogP contribution in [0.25, 0.3) is 0 Å². The Kier molecular flexibility index (Phi) is 5.87. The molecule has 0 aliphatic heterocycles. The van der Waals surface area contributed by atoms with Crippen molar-refractivity contribution in [2.45, 2.75) is 39.1 Å². The Morgan fingerprint density at radius 2 is 0.962 bits per heavy atom. The minimum absolute atomic E-state index is 0.422. The Morgan fingerprint density at radius 1 is 0.654 bits per heavy atom. The molecular weight excluding hydrogens is 332 g/mol. The van der Waals surface area contributed by atoms with Crippen LogP contribution >= 0.6 is 0 Å². The van der Waals surface area contributed by atoms with Crippen molar-refractivity contribution >= 4 is 11.9 Å². The molecule has 0 N–H and O–H groups in total. The number of carbonyl (C=O) groups excluding carboxylic acids is 2. The molecule has 0 aromatic heterocycles. The van der Waals surface area contributed by atoms with Crippen molar-refractivity contribution in [2.75, 3.05) is 0 Å². The minimum Gasteiger partial charge on any atom is -0.432 e. The quantitative estimate of drug-likeness (QED) is 0.560. The number of benzene rings is 2. The maximum absolute atomic E-state index is 12.1. The lowest BCUT2D eigenvalue weighted by Crippen LogP contribution is -2.29. The van der Waals surface area contributed by atoms with E-state index in [1.165, 1.54) is 0 Å². The van der Waals surface area contributed by atoms with Crippen molar-refractivity contribution in [3.05, 3.63) is 71.8 Å². The second-order valence-corrected chi connectivity index (χ2v) is 6.60. The standard InChI is InChI=1S/C20H22N2O4/c1-19(2,25-17(23)15-11-7-5-8-12-15)21-22-20(3,4)26-18(24)16-13-9-6-10-14-16/h5-14H,1-4H3. The van der Waals surface area contributed by atoms with Crippen molar-refractivity contribution < 1.29 is 19.1 Å². The van der Waals surface area contributed by atoms with Gasteiger partial charge in [0.15, 0.2) is 0 Å². The summed E-state index contributed by atoms with van der Waals surface area (Å²) < 4.78 is 10.7. The highest BCUT2D eigenvalue weighted by atomic mass is 16.6. The number of ether oxygens (including phenoxy) is 2. The van der Waals surface area contributed by atoms with Crippen molar-refractivity contribution in [3.8, 4) is 0 Å². The van der Waals surface area contributed by atoms with Gasteiger partial charge in [0.25, 0.3) is 0 Å². The smallest absolute Gasteiger partial charge is 0.340 e. The molecule has 0 aliphatic carbocycles. The van der Waals surface area contributed by atoms with Crippen LogP contribution < -0.4 is 0 Å². The summed E-state index contributed by atoms with van der Waals surface area (Å²) in [5.74, 6) is -1.01. The third-order valence-electron chi connectivity index (χ3n) is 3.24. The molecule has 136 valence electrons. The van der Waals surface area contributed by atoms with E-state index in [9.17, 15) is 9.59 Å². The second kappa shape index (κ2) is 7.91. The third kappa shape index (κ3) is 5.81. The van der Waals surface area contributed by atoms with E-state index in [0.29, 0.717) is 11.1 Å². The van der Waals surface area contributed by atoms with Gasteiger partial charge in [-0.15, -0.1) is 10.2 Å².